The molecule has 0 unspecified atom stereocenters. The number of nitrogens with zero attached hydrogens (tertiary/aromatic N) is 8. The van der Waals surface area contributed by atoms with E-state index in [2.05, 4.69) is 15.5 Å². The average molecular weight is 1070 g/mol. The van der Waals surface area contributed by atoms with Gasteiger partial charge in [-0.05, 0) is 108 Å². The molecule has 404 valence electrons. The summed E-state index contributed by atoms with van der Waals surface area (Å²) in [5.74, 6) is -0.385. The average Bonchev–Trinajstić information content (AvgIpc) is 3.96. The number of rotatable bonds is 7. The van der Waals surface area contributed by atoms with E-state index in [1.165, 1.54) is 9.80 Å². The van der Waals surface area contributed by atoms with Crippen LogP contribution in [0.3, 0.4) is 0 Å². The predicted octanol–water partition coefficient (Wildman–Crippen LogP) is 7.84. The third kappa shape index (κ3) is 15.0. The van der Waals surface area contributed by atoms with E-state index in [4.69, 9.17) is 19.9 Å². The van der Waals surface area contributed by atoms with Gasteiger partial charge in [-0.2, -0.15) is 36.5 Å². The normalized spacial score (nSPS) is 16.5. The molecule has 2 fully saturated rings. The van der Waals surface area contributed by atoms with Gasteiger partial charge in [0.1, 0.15) is 18.8 Å². The summed E-state index contributed by atoms with van der Waals surface area (Å²) < 4.78 is 97.6. The molecular formula is C49H61ClF6N10O8. The van der Waals surface area contributed by atoms with E-state index in [0.29, 0.717) is 86.9 Å². The number of nitrogens with two attached hydrogens (primary N) is 1. The van der Waals surface area contributed by atoms with Crippen LogP contribution in [0.15, 0.2) is 48.5 Å². The van der Waals surface area contributed by atoms with Crippen molar-refractivity contribution in [2.75, 3.05) is 39.3 Å². The Morgan fingerprint density at radius 3 is 1.39 bits per heavy atom. The number of ether oxygens (including phenoxy) is 3. The summed E-state index contributed by atoms with van der Waals surface area (Å²) in [6.45, 7) is 11.7. The number of hydrogen-bond acceptors (Lipinski definition) is 11. The van der Waals surface area contributed by atoms with Gasteiger partial charge in [0.05, 0.1) is 48.7 Å². The van der Waals surface area contributed by atoms with Gasteiger partial charge in [-0.1, -0.05) is 23.3 Å². The monoisotopic (exact) mass is 1070 g/mol. The molecule has 0 atom stereocenters. The van der Waals surface area contributed by atoms with Gasteiger partial charge in [-0.15, -0.1) is 12.4 Å². The highest BCUT2D eigenvalue weighted by molar-refractivity contribution is 5.93. The molecule has 0 saturated carbocycles. The van der Waals surface area contributed by atoms with Crippen LogP contribution in [0, 0.1) is 13.8 Å². The first kappa shape index (κ1) is 56.7. The van der Waals surface area contributed by atoms with E-state index in [0.717, 1.165) is 37.1 Å². The zero-order valence-corrected chi connectivity index (χ0v) is 42.5. The van der Waals surface area contributed by atoms with Gasteiger partial charge in [0, 0.05) is 51.4 Å². The lowest BCUT2D eigenvalue weighted by Crippen LogP contribution is -2.47. The molecule has 2 aromatic carbocycles. The second kappa shape index (κ2) is 23.3. The van der Waals surface area contributed by atoms with Gasteiger partial charge in [-0.25, -0.2) is 14.4 Å². The van der Waals surface area contributed by atoms with Gasteiger partial charge in [0.25, 0.3) is 11.8 Å². The van der Waals surface area contributed by atoms with Crippen molar-refractivity contribution < 1.29 is 64.5 Å². The Morgan fingerprint density at radius 1 is 0.595 bits per heavy atom. The molecule has 18 nitrogen and oxygen atoms in total. The smallest absolute Gasteiger partial charge is 0.416 e. The number of carbonyl (C=O) groups is 5. The van der Waals surface area contributed by atoms with Crippen LogP contribution in [0.25, 0.3) is 0 Å². The fraction of sp³-hybridized carbons (Fsp3) is 0.531. The van der Waals surface area contributed by atoms with Crippen molar-refractivity contribution in [3.8, 4) is 0 Å². The second-order valence-electron chi connectivity index (χ2n) is 19.7. The SMILES string of the molecule is Cc1cc(COC(=O)N2CCn3nc(C(=O)N4CCC(N)CC4)cc3C2)cc(C(F)(F)F)c1.Cc1cc(COC(=O)N2CCn3nc(C(=O)N4CCC(NC(=O)OC(C)(C)C)CC4)cc3C2)cc(C(F)(F)F)c1.Cl. The molecule has 5 amide bonds. The van der Waals surface area contributed by atoms with E-state index in [1.54, 1.807) is 78.0 Å². The van der Waals surface area contributed by atoms with Crippen LogP contribution in [-0.2, 0) is 66.0 Å². The molecule has 2 saturated heterocycles. The van der Waals surface area contributed by atoms with Crippen molar-refractivity contribution in [2.45, 2.75) is 130 Å². The number of fused-ring (bicyclic) bond motifs is 2. The molecular weight excluding hydrogens is 1010 g/mol. The molecule has 3 N–H and O–H groups in total. The zero-order valence-electron chi connectivity index (χ0n) is 41.7. The summed E-state index contributed by atoms with van der Waals surface area (Å²) in [6, 6.07) is 10.5. The Balaban J connectivity index is 0.000000242. The number of alkyl halides is 6. The zero-order chi connectivity index (χ0) is 53.0. The standard InChI is InChI=1S/C27H34F3N5O5.C22H26F3N5O3.ClH/c1-17-11-18(13-19(12-17)27(28,29)30)16-39-25(38)34-9-10-35-21(15-34)14-22(32-35)23(36)33-7-5-20(6-8-33)31-24(37)40-26(2,3)4;1-14-8-15(10-16(9-14)22(23,24)25)13-33-21(32)29-6-7-30-18(12-29)11-19(27-30)20(31)28-4-2-17(26)3-5-28;/h11-14,20H,5-10,15-16H2,1-4H3,(H,31,37);8-11,17H,2-7,12-13,26H2,1H3;1H. The summed E-state index contributed by atoms with van der Waals surface area (Å²) in [5, 5.41) is 11.6. The third-order valence-corrected chi connectivity index (χ3v) is 12.5. The van der Waals surface area contributed by atoms with Crippen LogP contribution >= 0.6 is 12.4 Å². The highest BCUT2D eigenvalue weighted by Gasteiger charge is 2.34. The summed E-state index contributed by atoms with van der Waals surface area (Å²) >= 11 is 0. The lowest BCUT2D eigenvalue weighted by molar-refractivity contribution is -0.138. The number of nitrogens with one attached hydrogen (secondary N) is 1. The van der Waals surface area contributed by atoms with Crippen LogP contribution in [0.1, 0.15) is 112 Å². The molecule has 0 bridgehead atoms. The maximum atomic E-state index is 13.1. The minimum atomic E-state index is -4.49. The van der Waals surface area contributed by atoms with Crippen molar-refractivity contribution >= 4 is 42.5 Å². The number of alkyl carbamates (subject to hydrolysis) is 1. The molecule has 8 rings (SSSR count). The van der Waals surface area contributed by atoms with Gasteiger partial charge in [0.15, 0.2) is 11.4 Å². The first-order chi connectivity index (χ1) is 34.3. The maximum absolute atomic E-state index is 13.1. The minimum Gasteiger partial charge on any atom is -0.445 e. The Morgan fingerprint density at radius 2 is 1.00 bits per heavy atom. The predicted molar refractivity (Wildman–Crippen MR) is 257 cm³/mol. The van der Waals surface area contributed by atoms with Crippen LogP contribution in [0.4, 0.5) is 40.7 Å². The minimum absolute atomic E-state index is 0. The topological polar surface area (TPSA) is 200 Å². The van der Waals surface area contributed by atoms with Crippen LogP contribution in [-0.4, -0.2) is 126 Å². The van der Waals surface area contributed by atoms with Crippen molar-refractivity contribution in [2.24, 2.45) is 5.73 Å². The summed E-state index contributed by atoms with van der Waals surface area (Å²) in [7, 11) is 0. The molecule has 0 radical (unpaired) electrons. The van der Waals surface area contributed by atoms with Crippen molar-refractivity contribution in [3.63, 3.8) is 0 Å². The number of halogens is 7. The van der Waals surface area contributed by atoms with E-state index in [1.807, 2.05) is 0 Å². The largest absolute Gasteiger partial charge is 0.445 e. The van der Waals surface area contributed by atoms with Gasteiger partial charge in [-0.3, -0.25) is 19.0 Å². The molecule has 2 aromatic heterocycles. The van der Waals surface area contributed by atoms with Crippen molar-refractivity contribution in [1.82, 2.24) is 44.5 Å². The summed E-state index contributed by atoms with van der Waals surface area (Å²) in [6.07, 6.45) is -8.04. The highest BCUT2D eigenvalue weighted by Crippen LogP contribution is 2.32. The Kier molecular flexibility index (Phi) is 17.9. The first-order valence-corrected chi connectivity index (χ1v) is 23.9. The number of carbonyl (C=O) groups excluding carboxylic acids is 5. The number of likely N-dealkylation sites (tertiary alicyclic amines) is 2. The fourth-order valence-corrected chi connectivity index (χ4v) is 8.87. The molecule has 4 aliphatic rings. The molecule has 25 heteroatoms. The molecule has 0 spiro atoms. The number of piperidine rings is 2. The van der Waals surface area contributed by atoms with Crippen LogP contribution in [0.2, 0.25) is 0 Å². The number of amides is 5. The molecule has 6 heterocycles. The van der Waals surface area contributed by atoms with Crippen molar-refractivity contribution in [1.29, 1.82) is 0 Å². The van der Waals surface area contributed by atoms with Crippen LogP contribution < -0.4 is 11.1 Å². The number of aromatic nitrogens is 4. The molecule has 74 heavy (non-hydrogen) atoms. The third-order valence-electron chi connectivity index (χ3n) is 12.5. The maximum Gasteiger partial charge on any atom is 0.416 e. The lowest BCUT2D eigenvalue weighted by Gasteiger charge is -2.32. The highest BCUT2D eigenvalue weighted by atomic mass is 35.5. The van der Waals surface area contributed by atoms with Crippen molar-refractivity contribution in [3.05, 3.63) is 105 Å². The fourth-order valence-electron chi connectivity index (χ4n) is 8.87. The lowest BCUT2D eigenvalue weighted by atomic mass is 10.0. The van der Waals surface area contributed by atoms with E-state index in [-0.39, 0.29) is 86.0 Å². The quantitative estimate of drug-likeness (QED) is 0.135. The first-order valence-electron chi connectivity index (χ1n) is 23.9. The van der Waals surface area contributed by atoms with Gasteiger partial charge in [0.2, 0.25) is 0 Å². The van der Waals surface area contributed by atoms with E-state index < -0.39 is 47.4 Å². The van der Waals surface area contributed by atoms with Gasteiger partial charge < -0.3 is 44.9 Å². The molecule has 4 aliphatic heterocycles. The summed E-state index contributed by atoms with van der Waals surface area (Å²) in [5.41, 5.74) is 7.07. The summed E-state index contributed by atoms with van der Waals surface area (Å²) in [4.78, 5) is 69.3. The second-order valence-corrected chi connectivity index (χ2v) is 19.7. The number of aryl methyl sites for hydroxylation is 2. The Labute approximate surface area is 429 Å². The number of hydrogen-bond donors (Lipinski definition) is 2. The van der Waals surface area contributed by atoms with Gasteiger partial charge >= 0.3 is 30.6 Å². The van der Waals surface area contributed by atoms with Crippen LogP contribution in [0.5, 0.6) is 0 Å². The van der Waals surface area contributed by atoms with E-state index in [9.17, 15) is 50.3 Å². The Bertz CT molecular complexity index is 2670. The van der Waals surface area contributed by atoms with E-state index >= 15 is 0 Å². The molecule has 4 aromatic rings. The Hall–Kier alpha value is -6.56. The molecule has 0 aliphatic carbocycles. The number of benzene rings is 2.